The first-order chi connectivity index (χ1) is 14.0. The summed E-state index contributed by atoms with van der Waals surface area (Å²) in [6.07, 6.45) is 3.87. The monoisotopic (exact) mass is 396 g/mol. The first-order valence-corrected chi connectivity index (χ1v) is 9.57. The van der Waals surface area contributed by atoms with E-state index in [2.05, 4.69) is 5.32 Å². The molecule has 0 bridgehead atoms. The molecule has 29 heavy (non-hydrogen) atoms. The van der Waals surface area contributed by atoms with Gasteiger partial charge in [0.2, 0.25) is 11.8 Å². The number of carbonyl (C=O) groups excluding carboxylic acids is 2. The fourth-order valence-corrected chi connectivity index (χ4v) is 2.95. The third kappa shape index (κ3) is 5.85. The minimum absolute atomic E-state index is 0.231. The van der Waals surface area contributed by atoms with Gasteiger partial charge < -0.3 is 19.7 Å². The molecule has 0 aliphatic carbocycles. The number of rotatable bonds is 9. The molecule has 0 aliphatic heterocycles. The van der Waals surface area contributed by atoms with Crippen molar-refractivity contribution in [3.63, 3.8) is 0 Å². The Hall–Kier alpha value is -3.28. The summed E-state index contributed by atoms with van der Waals surface area (Å²) in [6.45, 7) is 4.17. The minimum Gasteiger partial charge on any atom is -0.493 e. The molecule has 6 nitrogen and oxygen atoms in total. The SMILES string of the molecule is CCCN(C(=O)/C=C/c1cccc(OC)c1OC)C(C)C(=O)Nc1ccccc1. The number of amides is 2. The van der Waals surface area contributed by atoms with Crippen LogP contribution < -0.4 is 14.8 Å². The number of methoxy groups -OCH3 is 2. The summed E-state index contributed by atoms with van der Waals surface area (Å²) in [4.78, 5) is 27.0. The molecule has 0 saturated carbocycles. The van der Waals surface area contributed by atoms with Crippen molar-refractivity contribution in [3.8, 4) is 11.5 Å². The topological polar surface area (TPSA) is 67.9 Å². The highest BCUT2D eigenvalue weighted by molar-refractivity contribution is 6.00. The number of nitrogens with zero attached hydrogens (tertiary/aromatic N) is 1. The Morgan fingerprint density at radius 2 is 1.79 bits per heavy atom. The second-order valence-electron chi connectivity index (χ2n) is 6.48. The van der Waals surface area contributed by atoms with Crippen LogP contribution in [0.1, 0.15) is 25.8 Å². The first kappa shape index (κ1) is 22.0. The number of benzene rings is 2. The fraction of sp³-hybridized carbons (Fsp3) is 0.304. The quantitative estimate of drug-likeness (QED) is 0.651. The molecule has 2 aromatic rings. The standard InChI is InChI=1S/C23H28N2O4/c1-5-16-25(17(2)23(27)24-19-11-7-6-8-12-19)21(26)15-14-18-10-9-13-20(28-3)22(18)29-4/h6-15,17H,5,16H2,1-4H3,(H,24,27)/b15-14+. The van der Waals surface area contributed by atoms with Crippen LogP contribution in [0.15, 0.2) is 54.6 Å². The largest absolute Gasteiger partial charge is 0.493 e. The molecule has 0 saturated heterocycles. The second-order valence-corrected chi connectivity index (χ2v) is 6.48. The van der Waals surface area contributed by atoms with E-state index >= 15 is 0 Å². The summed E-state index contributed by atoms with van der Waals surface area (Å²) in [6, 6.07) is 14.0. The molecule has 0 heterocycles. The van der Waals surface area contributed by atoms with Crippen LogP contribution >= 0.6 is 0 Å². The van der Waals surface area contributed by atoms with Crippen LogP contribution in [0.25, 0.3) is 6.08 Å². The Morgan fingerprint density at radius 1 is 1.07 bits per heavy atom. The number of carbonyl (C=O) groups is 2. The number of para-hydroxylation sites is 2. The second kappa shape index (κ2) is 10.9. The van der Waals surface area contributed by atoms with Gasteiger partial charge in [0.15, 0.2) is 11.5 Å². The van der Waals surface area contributed by atoms with E-state index in [9.17, 15) is 9.59 Å². The van der Waals surface area contributed by atoms with E-state index in [1.807, 2.05) is 49.4 Å². The zero-order chi connectivity index (χ0) is 21.2. The van der Waals surface area contributed by atoms with Crippen LogP contribution in [0.5, 0.6) is 11.5 Å². The molecule has 2 aromatic carbocycles. The Morgan fingerprint density at radius 3 is 2.41 bits per heavy atom. The highest BCUT2D eigenvalue weighted by Crippen LogP contribution is 2.31. The van der Waals surface area contributed by atoms with Crippen LogP contribution in [0.4, 0.5) is 5.69 Å². The molecule has 0 aromatic heterocycles. The van der Waals surface area contributed by atoms with Crippen molar-refractivity contribution in [1.29, 1.82) is 0 Å². The minimum atomic E-state index is -0.612. The molecular weight excluding hydrogens is 368 g/mol. The van der Waals surface area contributed by atoms with E-state index in [0.29, 0.717) is 23.7 Å². The lowest BCUT2D eigenvalue weighted by atomic mass is 10.1. The van der Waals surface area contributed by atoms with Gasteiger partial charge in [-0.15, -0.1) is 0 Å². The van der Waals surface area contributed by atoms with E-state index < -0.39 is 6.04 Å². The molecule has 1 unspecified atom stereocenters. The van der Waals surface area contributed by atoms with Gasteiger partial charge in [0.1, 0.15) is 6.04 Å². The van der Waals surface area contributed by atoms with Gasteiger partial charge in [-0.2, -0.15) is 0 Å². The molecule has 6 heteroatoms. The summed E-state index contributed by atoms with van der Waals surface area (Å²) >= 11 is 0. The molecule has 0 aliphatic rings. The van der Waals surface area contributed by atoms with E-state index in [1.165, 1.54) is 6.08 Å². The maximum Gasteiger partial charge on any atom is 0.247 e. The zero-order valence-electron chi connectivity index (χ0n) is 17.3. The average molecular weight is 396 g/mol. The molecule has 1 atom stereocenters. The summed E-state index contributed by atoms with van der Waals surface area (Å²) in [5.41, 5.74) is 1.42. The first-order valence-electron chi connectivity index (χ1n) is 9.57. The van der Waals surface area contributed by atoms with E-state index in [4.69, 9.17) is 9.47 Å². The lowest BCUT2D eigenvalue weighted by molar-refractivity contribution is -0.134. The Labute approximate surface area is 172 Å². The fourth-order valence-electron chi connectivity index (χ4n) is 2.95. The summed E-state index contributed by atoms with van der Waals surface area (Å²) in [5, 5.41) is 2.85. The van der Waals surface area contributed by atoms with Gasteiger partial charge in [0, 0.05) is 23.9 Å². The van der Waals surface area contributed by atoms with Crippen molar-refractivity contribution in [2.75, 3.05) is 26.1 Å². The van der Waals surface area contributed by atoms with Crippen molar-refractivity contribution in [3.05, 3.63) is 60.2 Å². The normalized spacial score (nSPS) is 11.7. The molecule has 154 valence electrons. The van der Waals surface area contributed by atoms with Crippen molar-refractivity contribution in [1.82, 2.24) is 4.90 Å². The summed E-state index contributed by atoms with van der Waals surface area (Å²) in [5.74, 6) is 0.664. The van der Waals surface area contributed by atoms with Crippen LogP contribution in [0.3, 0.4) is 0 Å². The third-order valence-corrected chi connectivity index (χ3v) is 4.47. The highest BCUT2D eigenvalue weighted by Gasteiger charge is 2.24. The van der Waals surface area contributed by atoms with Crippen molar-refractivity contribution >= 4 is 23.6 Å². The molecule has 0 fully saturated rings. The average Bonchev–Trinajstić information content (AvgIpc) is 2.75. The number of ether oxygens (including phenoxy) is 2. The summed E-state index contributed by atoms with van der Waals surface area (Å²) in [7, 11) is 3.11. The molecule has 1 N–H and O–H groups in total. The zero-order valence-corrected chi connectivity index (χ0v) is 17.3. The number of anilines is 1. The maximum atomic E-state index is 12.8. The van der Waals surface area contributed by atoms with Gasteiger partial charge in [0.25, 0.3) is 0 Å². The third-order valence-electron chi connectivity index (χ3n) is 4.47. The van der Waals surface area contributed by atoms with E-state index in [-0.39, 0.29) is 11.8 Å². The van der Waals surface area contributed by atoms with Gasteiger partial charge >= 0.3 is 0 Å². The van der Waals surface area contributed by atoms with Gasteiger partial charge in [-0.05, 0) is 37.6 Å². The Bertz CT molecular complexity index is 849. The van der Waals surface area contributed by atoms with Gasteiger partial charge in [-0.3, -0.25) is 9.59 Å². The van der Waals surface area contributed by atoms with Crippen LogP contribution in [0, 0.1) is 0 Å². The molecular formula is C23H28N2O4. The highest BCUT2D eigenvalue weighted by atomic mass is 16.5. The molecule has 0 radical (unpaired) electrons. The van der Waals surface area contributed by atoms with Crippen LogP contribution in [-0.2, 0) is 9.59 Å². The maximum absolute atomic E-state index is 12.8. The predicted molar refractivity (Wildman–Crippen MR) is 115 cm³/mol. The van der Waals surface area contributed by atoms with Gasteiger partial charge in [0.05, 0.1) is 14.2 Å². The number of nitrogens with one attached hydrogen (secondary N) is 1. The molecule has 0 spiro atoms. The van der Waals surface area contributed by atoms with Crippen molar-refractivity contribution in [2.24, 2.45) is 0 Å². The van der Waals surface area contributed by atoms with E-state index in [0.717, 1.165) is 12.0 Å². The molecule has 2 amide bonds. The smallest absolute Gasteiger partial charge is 0.247 e. The van der Waals surface area contributed by atoms with Gasteiger partial charge in [-0.1, -0.05) is 37.3 Å². The molecule has 2 rings (SSSR count). The Kier molecular flexibility index (Phi) is 8.27. The Balaban J connectivity index is 2.16. The van der Waals surface area contributed by atoms with Crippen LogP contribution in [0.2, 0.25) is 0 Å². The van der Waals surface area contributed by atoms with Crippen molar-refractivity contribution < 1.29 is 19.1 Å². The van der Waals surface area contributed by atoms with Crippen molar-refractivity contribution in [2.45, 2.75) is 26.3 Å². The predicted octanol–water partition coefficient (Wildman–Crippen LogP) is 3.98. The lowest BCUT2D eigenvalue weighted by Gasteiger charge is -2.27. The lowest BCUT2D eigenvalue weighted by Crippen LogP contribution is -2.45. The number of hydrogen-bond donors (Lipinski definition) is 1. The van der Waals surface area contributed by atoms with Gasteiger partial charge in [-0.25, -0.2) is 0 Å². The number of hydrogen-bond acceptors (Lipinski definition) is 4. The van der Waals surface area contributed by atoms with E-state index in [1.54, 1.807) is 38.2 Å². The summed E-state index contributed by atoms with van der Waals surface area (Å²) < 4.78 is 10.7. The van der Waals surface area contributed by atoms with Crippen LogP contribution in [-0.4, -0.2) is 43.5 Å².